The molecule has 2 aromatic heterocycles. The fourth-order valence-corrected chi connectivity index (χ4v) is 6.13. The highest BCUT2D eigenvalue weighted by Crippen LogP contribution is 2.42. The lowest BCUT2D eigenvalue weighted by molar-refractivity contribution is 0.0734. The number of carbonyl (C=O) groups excluding carboxylic acids is 2. The third-order valence-electron chi connectivity index (χ3n) is 6.04. The van der Waals surface area contributed by atoms with Crippen LogP contribution in [0.25, 0.3) is 0 Å². The molecule has 0 fully saturated rings. The van der Waals surface area contributed by atoms with Crippen LogP contribution in [0.2, 0.25) is 0 Å². The van der Waals surface area contributed by atoms with E-state index in [0.717, 1.165) is 35.6 Å². The molecule has 0 bridgehead atoms. The minimum absolute atomic E-state index is 0.0589. The Morgan fingerprint density at radius 2 is 2.06 bits per heavy atom. The third kappa shape index (κ3) is 4.12. The molecule has 1 aromatic carbocycles. The minimum Gasteiger partial charge on any atom is -0.493 e. The molecule has 0 aliphatic carbocycles. The number of hydrogen-bond donors (Lipinski definition) is 2. The van der Waals surface area contributed by atoms with E-state index in [0.29, 0.717) is 22.4 Å². The number of methoxy groups -OCH3 is 1. The van der Waals surface area contributed by atoms with Crippen molar-refractivity contribution in [1.29, 1.82) is 0 Å². The summed E-state index contributed by atoms with van der Waals surface area (Å²) in [5.41, 5.74) is 2.77. The van der Waals surface area contributed by atoms with E-state index in [2.05, 4.69) is 29.4 Å². The van der Waals surface area contributed by atoms with Crippen molar-refractivity contribution in [2.45, 2.75) is 39.0 Å². The fourth-order valence-electron chi connectivity index (χ4n) is 4.24. The van der Waals surface area contributed by atoms with Gasteiger partial charge in [0.05, 0.1) is 12.7 Å². The van der Waals surface area contributed by atoms with Gasteiger partial charge in [0.15, 0.2) is 11.5 Å². The van der Waals surface area contributed by atoms with Gasteiger partial charge in [-0.05, 0) is 55.0 Å². The first-order chi connectivity index (χ1) is 15.9. The Balaban J connectivity index is 1.38. The van der Waals surface area contributed by atoms with Crippen LogP contribution in [0.15, 0.2) is 35.7 Å². The van der Waals surface area contributed by atoms with Crippen LogP contribution in [-0.2, 0) is 13.0 Å². The molecule has 1 amide bonds. The maximum atomic E-state index is 13.1. The Hall–Kier alpha value is -2.88. The van der Waals surface area contributed by atoms with Crippen LogP contribution in [0.5, 0.6) is 11.5 Å². The molecule has 4 heterocycles. The summed E-state index contributed by atoms with van der Waals surface area (Å²) < 4.78 is 11.0. The van der Waals surface area contributed by atoms with Gasteiger partial charge in [0.2, 0.25) is 0 Å². The first-order valence-corrected chi connectivity index (χ1v) is 12.5. The second-order valence-electron chi connectivity index (χ2n) is 8.35. The molecule has 172 valence electrons. The summed E-state index contributed by atoms with van der Waals surface area (Å²) in [7, 11) is 1.53. The minimum atomic E-state index is -0.426. The van der Waals surface area contributed by atoms with Crippen molar-refractivity contribution in [3.8, 4) is 11.5 Å². The van der Waals surface area contributed by atoms with E-state index >= 15 is 0 Å². The maximum Gasteiger partial charge on any atom is 0.353 e. The van der Waals surface area contributed by atoms with Crippen LogP contribution in [-0.4, -0.2) is 36.5 Å². The van der Waals surface area contributed by atoms with E-state index in [1.807, 2.05) is 11.4 Å². The van der Waals surface area contributed by atoms with Crippen LogP contribution in [0, 0.1) is 0 Å². The Bertz CT molecular complexity index is 1200. The second-order valence-corrected chi connectivity index (χ2v) is 10.4. The summed E-state index contributed by atoms with van der Waals surface area (Å²) in [6.45, 7) is 6.25. The van der Waals surface area contributed by atoms with Gasteiger partial charge in [0, 0.05) is 24.0 Å². The molecule has 1 atom stereocenters. The number of thiophene rings is 2. The molecule has 9 heteroatoms. The molecule has 3 aromatic rings. The zero-order valence-corrected chi connectivity index (χ0v) is 20.3. The van der Waals surface area contributed by atoms with Gasteiger partial charge in [-0.15, -0.1) is 22.7 Å². The number of esters is 1. The number of ether oxygens (including phenoxy) is 2. The second kappa shape index (κ2) is 8.81. The summed E-state index contributed by atoms with van der Waals surface area (Å²) in [6.07, 6.45) is 0.485. The van der Waals surface area contributed by atoms with Gasteiger partial charge < -0.3 is 20.1 Å². The SMILES string of the molecule is COc1cc(C2NC(=O)c3c(sc4c3CCN(C(C)C)C4)N2)ccc1OC(=O)c1cccs1. The fraction of sp³-hybridized carbons (Fsp3) is 0.333. The zero-order chi connectivity index (χ0) is 23.1. The Labute approximate surface area is 200 Å². The van der Waals surface area contributed by atoms with Crippen LogP contribution in [0.1, 0.15) is 56.0 Å². The number of benzene rings is 1. The summed E-state index contributed by atoms with van der Waals surface area (Å²) >= 11 is 2.99. The number of rotatable bonds is 5. The molecule has 0 radical (unpaired) electrons. The molecule has 1 unspecified atom stereocenters. The maximum absolute atomic E-state index is 13.1. The lowest BCUT2D eigenvalue weighted by Crippen LogP contribution is -2.39. The third-order valence-corrected chi connectivity index (χ3v) is 8.04. The van der Waals surface area contributed by atoms with Gasteiger partial charge in [0.1, 0.15) is 16.0 Å². The van der Waals surface area contributed by atoms with Gasteiger partial charge >= 0.3 is 5.97 Å². The lowest BCUT2D eigenvalue weighted by Gasteiger charge is -2.31. The predicted molar refractivity (Wildman–Crippen MR) is 130 cm³/mol. The smallest absolute Gasteiger partial charge is 0.353 e. The van der Waals surface area contributed by atoms with Gasteiger partial charge in [-0.3, -0.25) is 9.69 Å². The molecule has 5 rings (SSSR count). The first kappa shape index (κ1) is 21.9. The van der Waals surface area contributed by atoms with E-state index in [1.54, 1.807) is 35.6 Å². The molecule has 2 aliphatic heterocycles. The standard InChI is InChI=1S/C24H25N3O4S2/c1-13(2)27-9-8-15-19(12-27)33-23-20(15)22(28)25-21(26-23)14-6-7-16(17(11-14)30-3)31-24(29)18-5-4-10-32-18/h4-7,10-11,13,21,26H,8-9,12H2,1-3H3,(H,25,28). The molecule has 7 nitrogen and oxygen atoms in total. The molecule has 2 N–H and O–H groups in total. The van der Waals surface area contributed by atoms with Crippen LogP contribution < -0.4 is 20.1 Å². The molecule has 0 saturated heterocycles. The monoisotopic (exact) mass is 483 g/mol. The Morgan fingerprint density at radius 1 is 1.21 bits per heavy atom. The average molecular weight is 484 g/mol. The highest BCUT2D eigenvalue weighted by Gasteiger charge is 2.34. The van der Waals surface area contributed by atoms with Crippen LogP contribution >= 0.6 is 22.7 Å². The molecule has 2 aliphatic rings. The number of nitrogens with zero attached hydrogens (tertiary/aromatic N) is 1. The molecular weight excluding hydrogens is 458 g/mol. The van der Waals surface area contributed by atoms with Crippen molar-refractivity contribution < 1.29 is 19.1 Å². The number of carbonyl (C=O) groups is 2. The van der Waals surface area contributed by atoms with Crippen LogP contribution in [0.4, 0.5) is 5.00 Å². The highest BCUT2D eigenvalue weighted by molar-refractivity contribution is 7.16. The Kier molecular flexibility index (Phi) is 5.86. The van der Waals surface area contributed by atoms with Gasteiger partial charge in [0.25, 0.3) is 5.91 Å². The van der Waals surface area contributed by atoms with Crippen molar-refractivity contribution in [2.24, 2.45) is 0 Å². The summed E-state index contributed by atoms with van der Waals surface area (Å²) in [5, 5.41) is 9.29. The normalized spacial score (nSPS) is 17.7. The van der Waals surface area contributed by atoms with Crippen molar-refractivity contribution in [3.05, 3.63) is 62.2 Å². The largest absolute Gasteiger partial charge is 0.493 e. The number of fused-ring (bicyclic) bond motifs is 3. The van der Waals surface area contributed by atoms with Gasteiger partial charge in [-0.25, -0.2) is 4.79 Å². The molecule has 0 spiro atoms. The van der Waals surface area contributed by atoms with E-state index in [4.69, 9.17) is 9.47 Å². The van der Waals surface area contributed by atoms with E-state index in [1.165, 1.54) is 28.9 Å². The number of hydrogen-bond acceptors (Lipinski definition) is 8. The zero-order valence-electron chi connectivity index (χ0n) is 18.6. The molecule has 33 heavy (non-hydrogen) atoms. The number of nitrogens with one attached hydrogen (secondary N) is 2. The summed E-state index contributed by atoms with van der Waals surface area (Å²) in [4.78, 5) is 29.6. The molecular formula is C24H25N3O4S2. The van der Waals surface area contributed by atoms with Crippen molar-refractivity contribution >= 4 is 39.6 Å². The van der Waals surface area contributed by atoms with E-state index < -0.39 is 12.1 Å². The van der Waals surface area contributed by atoms with Gasteiger partial charge in [-0.2, -0.15) is 0 Å². The van der Waals surface area contributed by atoms with Crippen LogP contribution in [0.3, 0.4) is 0 Å². The quantitative estimate of drug-likeness (QED) is 0.406. The number of anilines is 1. The molecule has 0 saturated carbocycles. The van der Waals surface area contributed by atoms with E-state index in [9.17, 15) is 9.59 Å². The number of amides is 1. The predicted octanol–water partition coefficient (Wildman–Crippen LogP) is 4.66. The average Bonchev–Trinajstić information content (AvgIpc) is 3.46. The topological polar surface area (TPSA) is 79.9 Å². The van der Waals surface area contributed by atoms with Crippen molar-refractivity contribution in [1.82, 2.24) is 10.2 Å². The lowest BCUT2D eigenvalue weighted by atomic mass is 9.99. The Morgan fingerprint density at radius 3 is 2.79 bits per heavy atom. The highest BCUT2D eigenvalue weighted by atomic mass is 32.1. The van der Waals surface area contributed by atoms with Gasteiger partial charge in [-0.1, -0.05) is 12.1 Å². The van der Waals surface area contributed by atoms with Crippen molar-refractivity contribution in [2.75, 3.05) is 19.0 Å². The summed E-state index contributed by atoms with van der Waals surface area (Å²) in [6, 6.07) is 9.31. The first-order valence-electron chi connectivity index (χ1n) is 10.8. The van der Waals surface area contributed by atoms with E-state index in [-0.39, 0.29) is 5.91 Å². The summed E-state index contributed by atoms with van der Waals surface area (Å²) in [5.74, 6) is 0.279. The van der Waals surface area contributed by atoms with Crippen molar-refractivity contribution in [3.63, 3.8) is 0 Å².